The number of aromatic nitrogens is 2. The van der Waals surface area contributed by atoms with Crippen molar-refractivity contribution in [2.45, 2.75) is 4.34 Å². The average Bonchev–Trinajstić information content (AvgIpc) is 3.09. The number of benzene rings is 2. The molecule has 27 heavy (non-hydrogen) atoms. The van der Waals surface area contributed by atoms with Crippen molar-refractivity contribution in [3.63, 3.8) is 0 Å². The fourth-order valence-electron chi connectivity index (χ4n) is 1.99. The quantitative estimate of drug-likeness (QED) is 0.456. The zero-order chi connectivity index (χ0) is 19.2. The summed E-state index contributed by atoms with van der Waals surface area (Å²) in [7, 11) is 0. The third-order valence-corrected chi connectivity index (χ3v) is 5.40. The molecule has 0 spiro atoms. The van der Waals surface area contributed by atoms with Gasteiger partial charge in [0.1, 0.15) is 5.82 Å². The highest BCUT2D eigenvalue weighted by Gasteiger charge is 2.13. The van der Waals surface area contributed by atoms with E-state index >= 15 is 0 Å². The third-order valence-electron chi connectivity index (χ3n) is 3.19. The number of thioether (sulfide) groups is 1. The first-order chi connectivity index (χ1) is 13.0. The first-order valence-corrected chi connectivity index (χ1v) is 9.77. The summed E-state index contributed by atoms with van der Waals surface area (Å²) in [5, 5.41) is 13.7. The first kappa shape index (κ1) is 19.3. The van der Waals surface area contributed by atoms with Gasteiger partial charge in [-0.15, -0.1) is 10.2 Å². The minimum absolute atomic E-state index is 0.0329. The van der Waals surface area contributed by atoms with Gasteiger partial charge in [-0.2, -0.15) is 0 Å². The molecule has 2 N–H and O–H groups in total. The second-order valence-corrected chi connectivity index (χ2v) is 7.79. The highest BCUT2D eigenvalue weighted by molar-refractivity contribution is 8.01. The van der Waals surface area contributed by atoms with E-state index in [1.165, 1.54) is 12.1 Å². The molecule has 0 aliphatic rings. The van der Waals surface area contributed by atoms with Gasteiger partial charge in [-0.05, 0) is 30.3 Å². The van der Waals surface area contributed by atoms with Crippen molar-refractivity contribution in [2.75, 3.05) is 16.4 Å². The molecule has 0 atom stereocenters. The molecule has 6 nitrogen and oxygen atoms in total. The van der Waals surface area contributed by atoms with Crippen molar-refractivity contribution in [1.29, 1.82) is 0 Å². The van der Waals surface area contributed by atoms with Gasteiger partial charge in [0, 0.05) is 10.6 Å². The topological polar surface area (TPSA) is 84.0 Å². The van der Waals surface area contributed by atoms with Crippen LogP contribution < -0.4 is 10.6 Å². The lowest BCUT2D eigenvalue weighted by Gasteiger charge is -2.04. The van der Waals surface area contributed by atoms with Gasteiger partial charge in [-0.1, -0.05) is 52.9 Å². The first-order valence-electron chi connectivity index (χ1n) is 7.59. The Morgan fingerprint density at radius 1 is 1.11 bits per heavy atom. The molecule has 0 unspecified atom stereocenters. The highest BCUT2D eigenvalue weighted by atomic mass is 35.5. The number of hydrogen-bond acceptors (Lipinski definition) is 6. The smallest absolute Gasteiger partial charge is 0.257 e. The summed E-state index contributed by atoms with van der Waals surface area (Å²) in [6.07, 6.45) is 0. The highest BCUT2D eigenvalue weighted by Crippen LogP contribution is 2.26. The predicted molar refractivity (Wildman–Crippen MR) is 105 cm³/mol. The van der Waals surface area contributed by atoms with E-state index in [9.17, 15) is 14.0 Å². The number of halogens is 2. The van der Waals surface area contributed by atoms with Gasteiger partial charge in [0.2, 0.25) is 11.0 Å². The Labute approximate surface area is 167 Å². The predicted octanol–water partition coefficient (Wildman–Crippen LogP) is 4.31. The average molecular weight is 423 g/mol. The molecule has 3 aromatic rings. The number of anilines is 2. The van der Waals surface area contributed by atoms with Gasteiger partial charge >= 0.3 is 0 Å². The van der Waals surface area contributed by atoms with Crippen molar-refractivity contribution >= 4 is 57.3 Å². The number of carbonyl (C=O) groups is 2. The SMILES string of the molecule is O=C(CSc1nnc(NC(=O)c2cccc(Cl)c2)s1)Nc1ccccc1F. The molecule has 2 aromatic carbocycles. The molecule has 1 aromatic heterocycles. The van der Waals surface area contributed by atoms with Gasteiger partial charge in [0.05, 0.1) is 11.4 Å². The molecule has 0 fully saturated rings. The Morgan fingerprint density at radius 2 is 1.93 bits per heavy atom. The van der Waals surface area contributed by atoms with Crippen LogP contribution in [0.1, 0.15) is 10.4 Å². The molecule has 0 aliphatic heterocycles. The maximum Gasteiger partial charge on any atom is 0.257 e. The monoisotopic (exact) mass is 422 g/mol. The molecular formula is C17H12ClFN4O2S2. The van der Waals surface area contributed by atoms with Crippen LogP contribution in [0, 0.1) is 5.82 Å². The van der Waals surface area contributed by atoms with Crippen LogP contribution in [0.25, 0.3) is 0 Å². The number of nitrogens with one attached hydrogen (secondary N) is 2. The molecule has 1 heterocycles. The van der Waals surface area contributed by atoms with Crippen molar-refractivity contribution in [3.05, 3.63) is 64.9 Å². The summed E-state index contributed by atoms with van der Waals surface area (Å²) in [6, 6.07) is 12.4. The maximum absolute atomic E-state index is 13.5. The van der Waals surface area contributed by atoms with E-state index in [2.05, 4.69) is 20.8 Å². The summed E-state index contributed by atoms with van der Waals surface area (Å²) >= 11 is 8.14. The molecule has 0 bridgehead atoms. The number of nitrogens with zero attached hydrogens (tertiary/aromatic N) is 2. The van der Waals surface area contributed by atoms with Crippen LogP contribution in [0.4, 0.5) is 15.2 Å². The zero-order valence-corrected chi connectivity index (χ0v) is 16.0. The normalized spacial score (nSPS) is 10.4. The Morgan fingerprint density at radius 3 is 2.70 bits per heavy atom. The van der Waals surface area contributed by atoms with Crippen LogP contribution in [0.5, 0.6) is 0 Å². The van der Waals surface area contributed by atoms with E-state index in [4.69, 9.17) is 11.6 Å². The molecule has 3 rings (SSSR count). The van der Waals surface area contributed by atoms with E-state index in [-0.39, 0.29) is 23.3 Å². The van der Waals surface area contributed by atoms with Gasteiger partial charge in [0.15, 0.2) is 4.34 Å². The molecule has 0 radical (unpaired) electrons. The molecule has 138 valence electrons. The number of rotatable bonds is 6. The lowest BCUT2D eigenvalue weighted by Crippen LogP contribution is -2.14. The fraction of sp³-hybridized carbons (Fsp3) is 0.0588. The number of carbonyl (C=O) groups excluding carboxylic acids is 2. The van der Waals surface area contributed by atoms with Crippen molar-refractivity contribution in [3.8, 4) is 0 Å². The van der Waals surface area contributed by atoms with E-state index in [0.717, 1.165) is 23.1 Å². The van der Waals surface area contributed by atoms with Crippen LogP contribution >= 0.6 is 34.7 Å². The lowest BCUT2D eigenvalue weighted by molar-refractivity contribution is -0.113. The van der Waals surface area contributed by atoms with E-state index in [1.807, 2.05) is 0 Å². The molecule has 0 saturated heterocycles. The number of para-hydroxylation sites is 1. The second kappa shape index (κ2) is 8.94. The summed E-state index contributed by atoms with van der Waals surface area (Å²) < 4.78 is 14.0. The molecule has 0 saturated carbocycles. The van der Waals surface area contributed by atoms with Crippen molar-refractivity contribution < 1.29 is 14.0 Å². The Bertz CT molecular complexity index is 983. The van der Waals surface area contributed by atoms with Gasteiger partial charge < -0.3 is 5.32 Å². The standard InChI is InChI=1S/C17H12ClFN4O2S2/c18-11-5-3-4-10(8-11)15(25)21-16-22-23-17(27-16)26-9-14(24)20-13-7-2-1-6-12(13)19/h1-8H,9H2,(H,20,24)(H,21,22,25). The molecular weight excluding hydrogens is 411 g/mol. The van der Waals surface area contributed by atoms with Crippen LogP contribution in [0.15, 0.2) is 52.9 Å². The van der Waals surface area contributed by atoms with Crippen molar-refractivity contribution in [2.24, 2.45) is 0 Å². The summed E-state index contributed by atoms with van der Waals surface area (Å²) in [5.74, 6) is -1.20. The lowest BCUT2D eigenvalue weighted by atomic mass is 10.2. The Hall–Kier alpha value is -2.49. The van der Waals surface area contributed by atoms with E-state index in [1.54, 1.807) is 36.4 Å². The van der Waals surface area contributed by atoms with Crippen LogP contribution in [-0.2, 0) is 4.79 Å². The van der Waals surface area contributed by atoms with Crippen LogP contribution in [0.2, 0.25) is 5.02 Å². The summed E-state index contributed by atoms with van der Waals surface area (Å²) in [5.41, 5.74) is 0.519. The largest absolute Gasteiger partial charge is 0.323 e. The van der Waals surface area contributed by atoms with Gasteiger partial charge in [-0.25, -0.2) is 4.39 Å². The van der Waals surface area contributed by atoms with E-state index in [0.29, 0.717) is 20.1 Å². The second-order valence-electron chi connectivity index (χ2n) is 5.15. The minimum atomic E-state index is -0.502. The van der Waals surface area contributed by atoms with Crippen molar-refractivity contribution in [1.82, 2.24) is 10.2 Å². The van der Waals surface area contributed by atoms with Gasteiger partial charge in [-0.3, -0.25) is 14.9 Å². The van der Waals surface area contributed by atoms with Crippen LogP contribution in [0.3, 0.4) is 0 Å². The summed E-state index contributed by atoms with van der Waals surface area (Å²) in [6.45, 7) is 0. The van der Waals surface area contributed by atoms with E-state index < -0.39 is 5.82 Å². The Balaban J connectivity index is 1.53. The zero-order valence-electron chi connectivity index (χ0n) is 13.6. The Kier molecular flexibility index (Phi) is 6.38. The van der Waals surface area contributed by atoms with Gasteiger partial charge in [0.25, 0.3) is 5.91 Å². The maximum atomic E-state index is 13.5. The summed E-state index contributed by atoms with van der Waals surface area (Å²) in [4.78, 5) is 24.1. The molecule has 2 amide bonds. The molecule has 0 aliphatic carbocycles. The fourth-order valence-corrected chi connectivity index (χ4v) is 3.73. The number of hydrogen-bond donors (Lipinski definition) is 2. The third kappa shape index (κ3) is 5.49. The molecule has 10 heteroatoms. The minimum Gasteiger partial charge on any atom is -0.323 e. The van der Waals surface area contributed by atoms with Crippen LogP contribution in [-0.4, -0.2) is 27.8 Å². The number of amides is 2.